The molecular formula is C8H16ClNO. The van der Waals surface area contributed by atoms with Crippen LogP contribution in [0.5, 0.6) is 0 Å². The minimum atomic E-state index is 0.372. The quantitative estimate of drug-likeness (QED) is 0.475. The Balaban J connectivity index is 1.99. The molecule has 1 saturated heterocycles. The molecule has 0 radical (unpaired) electrons. The van der Waals surface area contributed by atoms with Crippen molar-refractivity contribution in [1.82, 2.24) is 4.90 Å². The second-order valence-corrected chi connectivity index (χ2v) is 3.50. The fourth-order valence-electron chi connectivity index (χ4n) is 1.33. The molecule has 0 aromatic heterocycles. The lowest BCUT2D eigenvalue weighted by Crippen LogP contribution is -2.25. The van der Waals surface area contributed by atoms with Crippen LogP contribution >= 0.6 is 11.6 Å². The molecule has 1 unspecified atom stereocenters. The molecule has 1 fully saturated rings. The topological polar surface area (TPSA) is 12.5 Å². The Kier molecular flexibility index (Phi) is 4.20. The van der Waals surface area contributed by atoms with Crippen molar-refractivity contribution in [2.24, 2.45) is 0 Å². The van der Waals surface area contributed by atoms with Crippen molar-refractivity contribution in [3.05, 3.63) is 0 Å². The molecule has 11 heavy (non-hydrogen) atoms. The molecule has 0 aliphatic carbocycles. The van der Waals surface area contributed by atoms with Crippen molar-refractivity contribution in [2.45, 2.75) is 18.7 Å². The van der Waals surface area contributed by atoms with E-state index in [4.69, 9.17) is 16.3 Å². The fraction of sp³-hybridized carbons (Fsp3) is 1.00. The van der Waals surface area contributed by atoms with E-state index in [-0.39, 0.29) is 0 Å². The summed E-state index contributed by atoms with van der Waals surface area (Å²) in [6.45, 7) is 6.90. The van der Waals surface area contributed by atoms with Crippen LogP contribution in [0.4, 0.5) is 0 Å². The summed E-state index contributed by atoms with van der Waals surface area (Å²) in [7, 11) is 0. The number of hydrogen-bond acceptors (Lipinski definition) is 2. The Bertz CT molecular complexity index is 110. The van der Waals surface area contributed by atoms with Crippen LogP contribution < -0.4 is 0 Å². The summed E-state index contributed by atoms with van der Waals surface area (Å²) in [5.41, 5.74) is 0. The maximum absolute atomic E-state index is 5.94. The van der Waals surface area contributed by atoms with E-state index in [9.17, 15) is 0 Å². The highest BCUT2D eigenvalue weighted by atomic mass is 35.5. The average Bonchev–Trinajstić information content (AvgIpc) is 2.37. The predicted molar refractivity (Wildman–Crippen MR) is 47.2 cm³/mol. The lowest BCUT2D eigenvalue weighted by atomic mass is 10.4. The van der Waals surface area contributed by atoms with Crippen LogP contribution in [0.25, 0.3) is 0 Å². The van der Waals surface area contributed by atoms with Crippen LogP contribution in [0.15, 0.2) is 0 Å². The van der Waals surface area contributed by atoms with Crippen molar-refractivity contribution in [3.8, 4) is 0 Å². The van der Waals surface area contributed by atoms with E-state index in [1.807, 2.05) is 6.92 Å². The normalized spacial score (nSPS) is 26.2. The molecule has 0 spiro atoms. The summed E-state index contributed by atoms with van der Waals surface area (Å²) in [5, 5.41) is 0.372. The smallest absolute Gasteiger partial charge is 0.0593 e. The van der Waals surface area contributed by atoms with Gasteiger partial charge in [0.05, 0.1) is 6.61 Å². The van der Waals surface area contributed by atoms with Crippen LogP contribution in [0.2, 0.25) is 0 Å². The molecule has 2 nitrogen and oxygen atoms in total. The van der Waals surface area contributed by atoms with Crippen LogP contribution in [0.1, 0.15) is 13.3 Å². The second kappa shape index (κ2) is 4.96. The van der Waals surface area contributed by atoms with Gasteiger partial charge < -0.3 is 4.74 Å². The minimum absolute atomic E-state index is 0.372. The molecule has 1 aliphatic rings. The Morgan fingerprint density at radius 2 is 2.45 bits per heavy atom. The van der Waals surface area contributed by atoms with Gasteiger partial charge in [-0.1, -0.05) is 0 Å². The van der Waals surface area contributed by atoms with Crippen LogP contribution in [-0.4, -0.2) is 43.1 Å². The zero-order chi connectivity index (χ0) is 8.10. The van der Waals surface area contributed by atoms with E-state index in [0.717, 1.165) is 39.3 Å². The van der Waals surface area contributed by atoms with E-state index < -0.39 is 0 Å². The molecule has 1 atom stereocenters. The third-order valence-electron chi connectivity index (χ3n) is 1.97. The third-order valence-corrected chi connectivity index (χ3v) is 2.33. The lowest BCUT2D eigenvalue weighted by molar-refractivity contribution is 0.122. The van der Waals surface area contributed by atoms with Gasteiger partial charge in [0.2, 0.25) is 0 Å². The molecule has 0 saturated carbocycles. The Morgan fingerprint density at radius 1 is 1.64 bits per heavy atom. The summed E-state index contributed by atoms with van der Waals surface area (Å²) >= 11 is 5.94. The highest BCUT2D eigenvalue weighted by Crippen LogP contribution is 2.13. The number of halogens is 1. The Labute approximate surface area is 73.5 Å². The molecule has 1 aliphatic heterocycles. The monoisotopic (exact) mass is 177 g/mol. The zero-order valence-electron chi connectivity index (χ0n) is 7.05. The average molecular weight is 178 g/mol. The summed E-state index contributed by atoms with van der Waals surface area (Å²) in [6, 6.07) is 0. The van der Waals surface area contributed by atoms with E-state index >= 15 is 0 Å². The van der Waals surface area contributed by atoms with Gasteiger partial charge in [0, 0.05) is 25.1 Å². The number of likely N-dealkylation sites (tertiary alicyclic amines) is 1. The number of alkyl halides is 1. The van der Waals surface area contributed by atoms with E-state index in [1.165, 1.54) is 0 Å². The molecule has 0 N–H and O–H groups in total. The molecule has 1 rings (SSSR count). The molecule has 0 aromatic rings. The van der Waals surface area contributed by atoms with Gasteiger partial charge >= 0.3 is 0 Å². The number of rotatable bonds is 4. The third kappa shape index (κ3) is 3.41. The SMILES string of the molecule is CCOCCN1CCC(Cl)C1. The van der Waals surface area contributed by atoms with Gasteiger partial charge in [-0.3, -0.25) is 4.90 Å². The number of ether oxygens (including phenoxy) is 1. The van der Waals surface area contributed by atoms with E-state index in [2.05, 4.69) is 4.90 Å². The number of hydrogen-bond donors (Lipinski definition) is 0. The summed E-state index contributed by atoms with van der Waals surface area (Å²) in [6.07, 6.45) is 1.13. The molecule has 0 aromatic carbocycles. The minimum Gasteiger partial charge on any atom is -0.380 e. The van der Waals surface area contributed by atoms with Crippen LogP contribution in [0.3, 0.4) is 0 Å². The largest absolute Gasteiger partial charge is 0.380 e. The van der Waals surface area contributed by atoms with Crippen LogP contribution in [0, 0.1) is 0 Å². The maximum Gasteiger partial charge on any atom is 0.0593 e. The van der Waals surface area contributed by atoms with Crippen molar-refractivity contribution < 1.29 is 4.74 Å². The van der Waals surface area contributed by atoms with Gasteiger partial charge in [-0.05, 0) is 19.9 Å². The molecule has 3 heteroatoms. The first-order valence-electron chi connectivity index (χ1n) is 4.27. The van der Waals surface area contributed by atoms with Crippen molar-refractivity contribution >= 4 is 11.6 Å². The molecule has 1 heterocycles. The standard InChI is InChI=1S/C8H16ClNO/c1-2-11-6-5-10-4-3-8(9)7-10/h8H,2-7H2,1H3. The molecular weight excluding hydrogens is 162 g/mol. The first-order valence-corrected chi connectivity index (χ1v) is 4.70. The lowest BCUT2D eigenvalue weighted by Gasteiger charge is -2.13. The highest BCUT2D eigenvalue weighted by molar-refractivity contribution is 6.20. The first-order chi connectivity index (χ1) is 5.33. The molecule has 66 valence electrons. The van der Waals surface area contributed by atoms with Crippen LogP contribution in [-0.2, 0) is 4.74 Å². The summed E-state index contributed by atoms with van der Waals surface area (Å²) in [4.78, 5) is 2.35. The van der Waals surface area contributed by atoms with Gasteiger partial charge in [-0.25, -0.2) is 0 Å². The molecule has 0 bridgehead atoms. The molecule has 0 amide bonds. The Morgan fingerprint density at radius 3 is 3.00 bits per heavy atom. The predicted octanol–water partition coefficient (Wildman–Crippen LogP) is 1.34. The van der Waals surface area contributed by atoms with Crippen molar-refractivity contribution in [3.63, 3.8) is 0 Å². The number of nitrogens with zero attached hydrogens (tertiary/aromatic N) is 1. The zero-order valence-corrected chi connectivity index (χ0v) is 7.81. The van der Waals surface area contributed by atoms with Gasteiger partial charge in [0.15, 0.2) is 0 Å². The van der Waals surface area contributed by atoms with Gasteiger partial charge in [0.25, 0.3) is 0 Å². The first kappa shape index (κ1) is 9.30. The Hall–Kier alpha value is 0.210. The van der Waals surface area contributed by atoms with Gasteiger partial charge in [0.1, 0.15) is 0 Å². The fourth-order valence-corrected chi connectivity index (χ4v) is 1.62. The van der Waals surface area contributed by atoms with E-state index in [1.54, 1.807) is 0 Å². The van der Waals surface area contributed by atoms with E-state index in [0.29, 0.717) is 5.38 Å². The summed E-state index contributed by atoms with van der Waals surface area (Å²) in [5.74, 6) is 0. The van der Waals surface area contributed by atoms with Gasteiger partial charge in [-0.2, -0.15) is 0 Å². The van der Waals surface area contributed by atoms with Gasteiger partial charge in [-0.15, -0.1) is 11.6 Å². The second-order valence-electron chi connectivity index (χ2n) is 2.88. The summed E-state index contributed by atoms with van der Waals surface area (Å²) < 4.78 is 5.25. The maximum atomic E-state index is 5.94. The van der Waals surface area contributed by atoms with Crippen molar-refractivity contribution in [1.29, 1.82) is 0 Å². The van der Waals surface area contributed by atoms with Crippen molar-refractivity contribution in [2.75, 3.05) is 32.8 Å². The highest BCUT2D eigenvalue weighted by Gasteiger charge is 2.19.